The van der Waals surface area contributed by atoms with Crippen LogP contribution in [0.3, 0.4) is 0 Å². The molecule has 1 saturated carbocycles. The minimum atomic E-state index is -0.554. The van der Waals surface area contributed by atoms with E-state index < -0.39 is 5.60 Å². The van der Waals surface area contributed by atoms with Gasteiger partial charge in [-0.2, -0.15) is 0 Å². The van der Waals surface area contributed by atoms with Gasteiger partial charge < -0.3 is 10.4 Å². The second-order valence-electron chi connectivity index (χ2n) is 5.12. The normalized spacial score (nSPS) is 29.0. The van der Waals surface area contributed by atoms with Crippen molar-refractivity contribution in [3.05, 3.63) is 22.8 Å². The van der Waals surface area contributed by atoms with Crippen molar-refractivity contribution in [1.82, 2.24) is 4.98 Å². The Labute approximate surface area is 111 Å². The first-order chi connectivity index (χ1) is 8.07. The van der Waals surface area contributed by atoms with Gasteiger partial charge in [0.25, 0.3) is 0 Å². The summed E-state index contributed by atoms with van der Waals surface area (Å²) in [7, 11) is 0. The van der Waals surface area contributed by atoms with Crippen LogP contribution in [0.15, 0.2) is 22.8 Å². The van der Waals surface area contributed by atoms with Crippen LogP contribution in [-0.2, 0) is 0 Å². The van der Waals surface area contributed by atoms with Crippen LogP contribution in [0.1, 0.15) is 32.6 Å². The molecule has 1 heterocycles. The summed E-state index contributed by atoms with van der Waals surface area (Å²) in [5, 5.41) is 13.6. The molecule has 1 aromatic heterocycles. The molecule has 2 rings (SSSR count). The lowest BCUT2D eigenvalue weighted by molar-refractivity contribution is 0.00495. The number of anilines is 1. The average molecular weight is 299 g/mol. The van der Waals surface area contributed by atoms with E-state index in [4.69, 9.17) is 0 Å². The number of nitrogens with zero attached hydrogens (tertiary/aromatic N) is 1. The second kappa shape index (κ2) is 5.36. The number of halogens is 1. The van der Waals surface area contributed by atoms with Crippen molar-refractivity contribution in [3.63, 3.8) is 0 Å². The first-order valence-electron chi connectivity index (χ1n) is 6.15. The molecule has 1 aliphatic rings. The Balaban J connectivity index is 1.87. The highest BCUT2D eigenvalue weighted by atomic mass is 79.9. The maximum atomic E-state index is 10.4. The van der Waals surface area contributed by atoms with Crippen molar-refractivity contribution in [2.45, 2.75) is 38.2 Å². The lowest BCUT2D eigenvalue weighted by Gasteiger charge is -2.35. The highest BCUT2D eigenvalue weighted by Gasteiger charge is 2.31. The lowest BCUT2D eigenvalue weighted by Crippen LogP contribution is -2.40. The summed E-state index contributed by atoms with van der Waals surface area (Å²) in [5.41, 5.74) is -0.554. The summed E-state index contributed by atoms with van der Waals surface area (Å²) >= 11 is 3.35. The summed E-state index contributed by atoms with van der Waals surface area (Å²) in [4.78, 5) is 4.24. The van der Waals surface area contributed by atoms with E-state index in [2.05, 4.69) is 33.2 Å². The molecule has 0 bridgehead atoms. The first kappa shape index (κ1) is 12.8. The van der Waals surface area contributed by atoms with E-state index in [0.29, 0.717) is 6.54 Å². The largest absolute Gasteiger partial charge is 0.388 e. The zero-order valence-corrected chi connectivity index (χ0v) is 11.7. The van der Waals surface area contributed by atoms with Crippen molar-refractivity contribution < 1.29 is 5.11 Å². The average Bonchev–Trinajstić information content (AvgIpc) is 2.33. The van der Waals surface area contributed by atoms with Crippen LogP contribution in [0.2, 0.25) is 0 Å². The molecule has 3 nitrogen and oxygen atoms in total. The van der Waals surface area contributed by atoms with Crippen LogP contribution < -0.4 is 5.32 Å². The molecule has 0 spiro atoms. The minimum absolute atomic E-state index is 0.554. The van der Waals surface area contributed by atoms with Crippen LogP contribution in [-0.4, -0.2) is 22.2 Å². The predicted molar refractivity (Wildman–Crippen MR) is 73.0 cm³/mol. The Morgan fingerprint density at radius 2 is 2.18 bits per heavy atom. The van der Waals surface area contributed by atoms with Gasteiger partial charge in [-0.05, 0) is 59.7 Å². The Kier molecular flexibility index (Phi) is 4.05. The number of nitrogens with one attached hydrogen (secondary N) is 1. The first-order valence-corrected chi connectivity index (χ1v) is 6.94. The van der Waals surface area contributed by atoms with E-state index in [1.54, 1.807) is 6.20 Å². The minimum Gasteiger partial charge on any atom is -0.388 e. The Morgan fingerprint density at radius 3 is 2.76 bits per heavy atom. The lowest BCUT2D eigenvalue weighted by atomic mass is 9.79. The van der Waals surface area contributed by atoms with Gasteiger partial charge in [-0.25, -0.2) is 4.98 Å². The third-order valence-corrected chi connectivity index (χ3v) is 4.00. The number of rotatable bonds is 3. The number of aliphatic hydroxyl groups is 1. The number of pyridine rings is 1. The molecule has 1 aromatic rings. The third-order valence-electron chi connectivity index (χ3n) is 3.53. The Morgan fingerprint density at radius 1 is 1.47 bits per heavy atom. The number of aromatic nitrogens is 1. The summed E-state index contributed by atoms with van der Waals surface area (Å²) in [6, 6.07) is 3.86. The van der Waals surface area contributed by atoms with Crippen LogP contribution >= 0.6 is 15.9 Å². The van der Waals surface area contributed by atoms with Gasteiger partial charge in [0.2, 0.25) is 0 Å². The van der Waals surface area contributed by atoms with Crippen LogP contribution in [0.5, 0.6) is 0 Å². The maximum absolute atomic E-state index is 10.4. The molecule has 1 fully saturated rings. The van der Waals surface area contributed by atoms with Gasteiger partial charge in [-0.15, -0.1) is 0 Å². The van der Waals surface area contributed by atoms with Crippen LogP contribution in [0, 0.1) is 5.92 Å². The fourth-order valence-corrected chi connectivity index (χ4v) is 2.45. The van der Waals surface area contributed by atoms with Gasteiger partial charge in [-0.1, -0.05) is 6.92 Å². The van der Waals surface area contributed by atoms with Crippen molar-refractivity contribution in [2.24, 2.45) is 5.92 Å². The summed E-state index contributed by atoms with van der Waals surface area (Å²) in [6.07, 6.45) is 5.77. The number of hydrogen-bond acceptors (Lipinski definition) is 3. The van der Waals surface area contributed by atoms with E-state index in [9.17, 15) is 5.11 Å². The third kappa shape index (κ3) is 3.68. The van der Waals surface area contributed by atoms with Crippen molar-refractivity contribution in [2.75, 3.05) is 11.9 Å². The van der Waals surface area contributed by atoms with Gasteiger partial charge in [0.15, 0.2) is 0 Å². The molecule has 0 amide bonds. The van der Waals surface area contributed by atoms with E-state index >= 15 is 0 Å². The molecule has 0 atom stereocenters. The topological polar surface area (TPSA) is 45.1 Å². The molecule has 2 N–H and O–H groups in total. The van der Waals surface area contributed by atoms with Crippen molar-refractivity contribution >= 4 is 21.7 Å². The highest BCUT2D eigenvalue weighted by molar-refractivity contribution is 9.10. The molecule has 0 aliphatic heterocycles. The molecule has 0 radical (unpaired) electrons. The van der Waals surface area contributed by atoms with E-state index in [1.807, 2.05) is 12.1 Å². The molecule has 0 aromatic carbocycles. The fraction of sp³-hybridized carbons (Fsp3) is 0.615. The molecule has 94 valence electrons. The van der Waals surface area contributed by atoms with E-state index in [0.717, 1.165) is 41.9 Å². The van der Waals surface area contributed by atoms with E-state index in [1.165, 1.54) is 0 Å². The second-order valence-corrected chi connectivity index (χ2v) is 6.04. The van der Waals surface area contributed by atoms with Gasteiger partial charge in [0.05, 0.1) is 5.60 Å². The van der Waals surface area contributed by atoms with Gasteiger partial charge in [0.1, 0.15) is 5.82 Å². The van der Waals surface area contributed by atoms with Gasteiger partial charge in [0, 0.05) is 17.2 Å². The molecule has 0 unspecified atom stereocenters. The Bertz CT molecular complexity index is 358. The zero-order chi connectivity index (χ0) is 12.3. The molecule has 1 aliphatic carbocycles. The molecule has 17 heavy (non-hydrogen) atoms. The molecule has 4 heteroatoms. The van der Waals surface area contributed by atoms with Crippen LogP contribution in [0.4, 0.5) is 5.82 Å². The standard InChI is InChI=1S/C13H19BrN2O/c1-10-4-6-13(17,7-5-10)9-16-12-3-2-11(14)8-15-12/h2-3,8,10,17H,4-7,9H2,1H3,(H,15,16). The van der Waals surface area contributed by atoms with Gasteiger partial charge in [-0.3, -0.25) is 0 Å². The molecule has 0 saturated heterocycles. The van der Waals surface area contributed by atoms with Gasteiger partial charge >= 0.3 is 0 Å². The quantitative estimate of drug-likeness (QED) is 0.901. The summed E-state index contributed by atoms with van der Waals surface area (Å²) < 4.78 is 0.966. The number of hydrogen-bond donors (Lipinski definition) is 2. The molecular weight excluding hydrogens is 280 g/mol. The zero-order valence-electron chi connectivity index (χ0n) is 10.1. The fourth-order valence-electron chi connectivity index (χ4n) is 2.21. The summed E-state index contributed by atoms with van der Waals surface area (Å²) in [6.45, 7) is 2.84. The highest BCUT2D eigenvalue weighted by Crippen LogP contribution is 2.31. The van der Waals surface area contributed by atoms with Crippen molar-refractivity contribution in [1.29, 1.82) is 0 Å². The monoisotopic (exact) mass is 298 g/mol. The molecular formula is C13H19BrN2O. The van der Waals surface area contributed by atoms with Crippen molar-refractivity contribution in [3.8, 4) is 0 Å². The SMILES string of the molecule is CC1CCC(O)(CNc2ccc(Br)cn2)CC1. The Hall–Kier alpha value is -0.610. The summed E-state index contributed by atoms with van der Waals surface area (Å²) in [5.74, 6) is 1.57. The van der Waals surface area contributed by atoms with Crippen LogP contribution in [0.25, 0.3) is 0 Å². The van der Waals surface area contributed by atoms with E-state index in [-0.39, 0.29) is 0 Å². The maximum Gasteiger partial charge on any atom is 0.126 e. The smallest absolute Gasteiger partial charge is 0.126 e. The predicted octanol–water partition coefficient (Wildman–Crippen LogP) is 3.20.